The number of carbonyl (C=O) groups is 1. The third-order valence-corrected chi connectivity index (χ3v) is 2.47. The summed E-state index contributed by atoms with van der Waals surface area (Å²) in [6, 6.07) is 7.72. The van der Waals surface area contributed by atoms with Gasteiger partial charge in [-0.05, 0) is 24.6 Å². The number of rotatable bonds is 2. The van der Waals surface area contributed by atoms with E-state index in [-0.39, 0.29) is 12.1 Å². The number of urea groups is 1. The van der Waals surface area contributed by atoms with Gasteiger partial charge in [0.1, 0.15) is 0 Å². The first-order valence-corrected chi connectivity index (χ1v) is 5.16. The molecule has 0 saturated carbocycles. The van der Waals surface area contributed by atoms with Crippen molar-refractivity contribution in [3.05, 3.63) is 34.3 Å². The van der Waals surface area contributed by atoms with Gasteiger partial charge in [0, 0.05) is 11.5 Å². The van der Waals surface area contributed by atoms with Gasteiger partial charge in [-0.1, -0.05) is 28.1 Å². The van der Waals surface area contributed by atoms with Gasteiger partial charge in [0.15, 0.2) is 0 Å². The Morgan fingerprint density at radius 2 is 1.93 bits per heavy atom. The normalized spacial score (nSPS) is 11.9. The van der Waals surface area contributed by atoms with E-state index < -0.39 is 0 Å². The molecular weight excluding hydrogens is 244 g/mol. The molecule has 0 saturated heterocycles. The number of amides is 2. The summed E-state index contributed by atoms with van der Waals surface area (Å²) in [7, 11) is 1.60. The van der Waals surface area contributed by atoms with Gasteiger partial charge in [-0.15, -0.1) is 0 Å². The maximum Gasteiger partial charge on any atom is 0.315 e. The molecule has 14 heavy (non-hydrogen) atoms. The summed E-state index contributed by atoms with van der Waals surface area (Å²) in [5.41, 5.74) is 1.08. The van der Waals surface area contributed by atoms with Gasteiger partial charge in [0.2, 0.25) is 0 Å². The highest BCUT2D eigenvalue weighted by Gasteiger charge is 2.06. The number of halogens is 1. The van der Waals surface area contributed by atoms with Crippen molar-refractivity contribution in [1.82, 2.24) is 10.6 Å². The molecule has 0 radical (unpaired) electrons. The second-order valence-electron chi connectivity index (χ2n) is 3.00. The Labute approximate surface area is 92.0 Å². The van der Waals surface area contributed by atoms with Crippen LogP contribution in [0.5, 0.6) is 0 Å². The molecule has 2 amide bonds. The number of nitrogens with one attached hydrogen (secondary N) is 2. The van der Waals surface area contributed by atoms with Crippen molar-refractivity contribution in [2.75, 3.05) is 7.05 Å². The van der Waals surface area contributed by atoms with E-state index in [0.29, 0.717) is 0 Å². The van der Waals surface area contributed by atoms with E-state index in [1.807, 2.05) is 31.2 Å². The maximum absolute atomic E-state index is 11.0. The van der Waals surface area contributed by atoms with Crippen molar-refractivity contribution in [3.63, 3.8) is 0 Å². The highest BCUT2D eigenvalue weighted by atomic mass is 79.9. The molecule has 1 rings (SSSR count). The molecule has 76 valence electrons. The topological polar surface area (TPSA) is 41.1 Å². The second kappa shape index (κ2) is 5.00. The quantitative estimate of drug-likeness (QED) is 0.839. The Morgan fingerprint density at radius 1 is 1.36 bits per heavy atom. The molecule has 1 aromatic rings. The van der Waals surface area contributed by atoms with Gasteiger partial charge in [-0.2, -0.15) is 0 Å². The Balaban J connectivity index is 2.65. The Bertz CT molecular complexity index is 310. The molecule has 0 bridgehead atoms. The second-order valence-corrected chi connectivity index (χ2v) is 3.91. The minimum Gasteiger partial charge on any atom is -0.341 e. The molecule has 0 aliphatic rings. The van der Waals surface area contributed by atoms with E-state index in [1.54, 1.807) is 7.05 Å². The highest BCUT2D eigenvalue weighted by Crippen LogP contribution is 2.16. The van der Waals surface area contributed by atoms with Gasteiger partial charge in [0.05, 0.1) is 6.04 Å². The van der Waals surface area contributed by atoms with Crippen molar-refractivity contribution in [2.45, 2.75) is 13.0 Å². The van der Waals surface area contributed by atoms with Crippen molar-refractivity contribution in [3.8, 4) is 0 Å². The fraction of sp³-hybridized carbons (Fsp3) is 0.300. The smallest absolute Gasteiger partial charge is 0.315 e. The third-order valence-electron chi connectivity index (χ3n) is 1.94. The number of hydrogen-bond donors (Lipinski definition) is 2. The summed E-state index contributed by atoms with van der Waals surface area (Å²) >= 11 is 3.36. The fourth-order valence-corrected chi connectivity index (χ4v) is 1.37. The van der Waals surface area contributed by atoms with Gasteiger partial charge >= 0.3 is 6.03 Å². The minimum absolute atomic E-state index is 0.0167. The Kier molecular flexibility index (Phi) is 3.95. The third kappa shape index (κ3) is 3.03. The van der Waals surface area contributed by atoms with Crippen molar-refractivity contribution in [2.24, 2.45) is 0 Å². The van der Waals surface area contributed by atoms with Crippen LogP contribution in [0.1, 0.15) is 18.5 Å². The summed E-state index contributed by atoms with van der Waals surface area (Å²) in [6.45, 7) is 1.94. The van der Waals surface area contributed by atoms with Gasteiger partial charge in [-0.25, -0.2) is 4.79 Å². The molecule has 0 heterocycles. The first-order chi connectivity index (χ1) is 6.63. The molecule has 1 atom stereocenters. The van der Waals surface area contributed by atoms with Gasteiger partial charge < -0.3 is 10.6 Å². The van der Waals surface area contributed by atoms with Crippen LogP contribution in [0.25, 0.3) is 0 Å². The Hall–Kier alpha value is -1.03. The lowest BCUT2D eigenvalue weighted by atomic mass is 10.1. The van der Waals surface area contributed by atoms with Crippen LogP contribution in [0.3, 0.4) is 0 Å². The number of hydrogen-bond acceptors (Lipinski definition) is 1. The molecule has 4 heteroatoms. The van der Waals surface area contributed by atoms with Gasteiger partial charge in [0.25, 0.3) is 0 Å². The molecule has 3 nitrogen and oxygen atoms in total. The van der Waals surface area contributed by atoms with Crippen LogP contribution in [0.15, 0.2) is 28.7 Å². The molecule has 0 aliphatic heterocycles. The minimum atomic E-state index is -0.166. The average molecular weight is 257 g/mol. The van der Waals surface area contributed by atoms with E-state index >= 15 is 0 Å². The molecule has 0 unspecified atom stereocenters. The van der Waals surface area contributed by atoms with Crippen LogP contribution < -0.4 is 10.6 Å². The van der Waals surface area contributed by atoms with Crippen LogP contribution in [0.2, 0.25) is 0 Å². The molecule has 2 N–H and O–H groups in total. The predicted octanol–water partition coefficient (Wildman–Crippen LogP) is 2.44. The van der Waals surface area contributed by atoms with Crippen LogP contribution in [0, 0.1) is 0 Å². The van der Waals surface area contributed by atoms with Gasteiger partial charge in [-0.3, -0.25) is 0 Å². The lowest BCUT2D eigenvalue weighted by molar-refractivity contribution is 0.240. The zero-order valence-electron chi connectivity index (χ0n) is 8.17. The number of carbonyl (C=O) groups excluding carboxylic acids is 1. The van der Waals surface area contributed by atoms with Crippen LogP contribution in [0.4, 0.5) is 4.79 Å². The first kappa shape index (κ1) is 11.0. The van der Waals surface area contributed by atoms with Crippen molar-refractivity contribution < 1.29 is 4.79 Å². The monoisotopic (exact) mass is 256 g/mol. The van der Waals surface area contributed by atoms with Crippen LogP contribution in [-0.4, -0.2) is 13.1 Å². The lowest BCUT2D eigenvalue weighted by Crippen LogP contribution is -2.34. The first-order valence-electron chi connectivity index (χ1n) is 4.37. The van der Waals surface area contributed by atoms with E-state index in [1.165, 1.54) is 0 Å². The van der Waals surface area contributed by atoms with E-state index in [2.05, 4.69) is 26.6 Å². The largest absolute Gasteiger partial charge is 0.341 e. The zero-order chi connectivity index (χ0) is 10.6. The maximum atomic E-state index is 11.0. The van der Waals surface area contributed by atoms with E-state index in [4.69, 9.17) is 0 Å². The standard InChI is InChI=1S/C10H13BrN2O/c1-7(13-10(14)12-2)8-3-5-9(11)6-4-8/h3-7H,1-2H3,(H2,12,13,14)/t7-/m0/s1. The molecular formula is C10H13BrN2O. The number of benzene rings is 1. The summed E-state index contributed by atoms with van der Waals surface area (Å²) in [5.74, 6) is 0. The summed E-state index contributed by atoms with van der Waals surface area (Å²) in [6.07, 6.45) is 0. The lowest BCUT2D eigenvalue weighted by Gasteiger charge is -2.13. The molecule has 0 fully saturated rings. The SMILES string of the molecule is CNC(=O)N[C@@H](C)c1ccc(Br)cc1. The van der Waals surface area contributed by atoms with Crippen LogP contribution in [-0.2, 0) is 0 Å². The van der Waals surface area contributed by atoms with Crippen molar-refractivity contribution >= 4 is 22.0 Å². The molecule has 0 aromatic heterocycles. The van der Waals surface area contributed by atoms with Crippen molar-refractivity contribution in [1.29, 1.82) is 0 Å². The van der Waals surface area contributed by atoms with E-state index in [0.717, 1.165) is 10.0 Å². The summed E-state index contributed by atoms with van der Waals surface area (Å²) in [5, 5.41) is 5.32. The Morgan fingerprint density at radius 3 is 2.43 bits per heavy atom. The summed E-state index contributed by atoms with van der Waals surface area (Å²) in [4.78, 5) is 11.0. The summed E-state index contributed by atoms with van der Waals surface area (Å²) < 4.78 is 1.04. The molecule has 0 aliphatic carbocycles. The fourth-order valence-electron chi connectivity index (χ4n) is 1.10. The predicted molar refractivity (Wildman–Crippen MR) is 60.1 cm³/mol. The highest BCUT2D eigenvalue weighted by molar-refractivity contribution is 9.10. The zero-order valence-corrected chi connectivity index (χ0v) is 9.76. The molecule has 1 aromatic carbocycles. The van der Waals surface area contributed by atoms with Crippen LogP contribution >= 0.6 is 15.9 Å². The average Bonchev–Trinajstić information content (AvgIpc) is 2.18. The molecule has 0 spiro atoms. The van der Waals surface area contributed by atoms with E-state index in [9.17, 15) is 4.79 Å².